The maximum Gasteiger partial charge on any atom is 0.255 e. The molecule has 98 valence electrons. The first kappa shape index (κ1) is 12.9. The topological polar surface area (TPSA) is 70.6 Å². The highest BCUT2D eigenvalue weighted by molar-refractivity contribution is 5.97. The molecule has 1 heterocycles. The SMILES string of the molecule is CO[C@H]1CNCC1NC(=O)c1cccc(C)c1O. The predicted molar refractivity (Wildman–Crippen MR) is 67.8 cm³/mol. The van der Waals surface area contributed by atoms with E-state index in [9.17, 15) is 9.90 Å². The largest absolute Gasteiger partial charge is 0.507 e. The van der Waals surface area contributed by atoms with Crippen LogP contribution in [-0.2, 0) is 4.74 Å². The Morgan fingerprint density at radius 3 is 3.00 bits per heavy atom. The number of phenolic OH excluding ortho intramolecular Hbond substituents is 1. The summed E-state index contributed by atoms with van der Waals surface area (Å²) in [5, 5.41) is 15.9. The van der Waals surface area contributed by atoms with Crippen LogP contribution in [0.5, 0.6) is 5.75 Å². The van der Waals surface area contributed by atoms with Gasteiger partial charge in [-0.1, -0.05) is 12.1 Å². The van der Waals surface area contributed by atoms with Crippen molar-refractivity contribution in [1.29, 1.82) is 0 Å². The van der Waals surface area contributed by atoms with E-state index >= 15 is 0 Å². The molecule has 2 rings (SSSR count). The van der Waals surface area contributed by atoms with Gasteiger partial charge in [-0.05, 0) is 18.6 Å². The second-order valence-electron chi connectivity index (χ2n) is 4.48. The van der Waals surface area contributed by atoms with E-state index in [4.69, 9.17) is 4.74 Å². The van der Waals surface area contributed by atoms with Crippen LogP contribution in [0, 0.1) is 6.92 Å². The zero-order valence-electron chi connectivity index (χ0n) is 10.6. The fourth-order valence-corrected chi connectivity index (χ4v) is 2.13. The number of phenols is 1. The molecule has 1 aromatic carbocycles. The maximum atomic E-state index is 12.1. The molecule has 3 N–H and O–H groups in total. The first-order valence-corrected chi connectivity index (χ1v) is 5.96. The minimum absolute atomic E-state index is 0.0269. The van der Waals surface area contributed by atoms with Gasteiger partial charge in [0.15, 0.2) is 0 Å². The Hall–Kier alpha value is -1.59. The monoisotopic (exact) mass is 250 g/mol. The third kappa shape index (κ3) is 2.47. The molecule has 1 amide bonds. The Morgan fingerprint density at radius 2 is 2.28 bits per heavy atom. The van der Waals surface area contributed by atoms with Gasteiger partial charge in [-0.3, -0.25) is 4.79 Å². The van der Waals surface area contributed by atoms with Crippen molar-refractivity contribution in [2.24, 2.45) is 0 Å². The number of carbonyl (C=O) groups excluding carboxylic acids is 1. The molecule has 5 nitrogen and oxygen atoms in total. The first-order chi connectivity index (χ1) is 8.63. The van der Waals surface area contributed by atoms with Gasteiger partial charge in [0.1, 0.15) is 5.75 Å². The Morgan fingerprint density at radius 1 is 1.50 bits per heavy atom. The number of amides is 1. The molecule has 1 aliphatic rings. The van der Waals surface area contributed by atoms with Gasteiger partial charge in [0.2, 0.25) is 0 Å². The number of methoxy groups -OCH3 is 1. The molecule has 5 heteroatoms. The molecule has 0 radical (unpaired) electrons. The van der Waals surface area contributed by atoms with Crippen molar-refractivity contribution in [1.82, 2.24) is 10.6 Å². The van der Waals surface area contributed by atoms with E-state index in [0.29, 0.717) is 17.7 Å². The molecule has 0 aromatic heterocycles. The van der Waals surface area contributed by atoms with Gasteiger partial charge in [-0.25, -0.2) is 0 Å². The average molecular weight is 250 g/mol. The average Bonchev–Trinajstić information content (AvgIpc) is 2.79. The summed E-state index contributed by atoms with van der Waals surface area (Å²) >= 11 is 0. The summed E-state index contributed by atoms with van der Waals surface area (Å²) in [6.07, 6.45) is -0.0269. The molecule has 0 spiro atoms. The zero-order valence-corrected chi connectivity index (χ0v) is 10.6. The van der Waals surface area contributed by atoms with E-state index in [2.05, 4.69) is 10.6 Å². The predicted octanol–water partition coefficient (Wildman–Crippen LogP) is 0.417. The number of ether oxygens (including phenoxy) is 1. The van der Waals surface area contributed by atoms with Gasteiger partial charge < -0.3 is 20.5 Å². The molecular formula is C13H18N2O3. The lowest BCUT2D eigenvalue weighted by molar-refractivity contribution is 0.0778. The second kappa shape index (κ2) is 5.37. The van der Waals surface area contributed by atoms with E-state index in [1.807, 2.05) is 0 Å². The molecule has 1 aliphatic heterocycles. The van der Waals surface area contributed by atoms with Crippen molar-refractivity contribution >= 4 is 5.91 Å². The number of hydrogen-bond donors (Lipinski definition) is 3. The lowest BCUT2D eigenvalue weighted by Crippen LogP contribution is -2.43. The van der Waals surface area contributed by atoms with Gasteiger partial charge in [-0.2, -0.15) is 0 Å². The van der Waals surface area contributed by atoms with Gasteiger partial charge in [0, 0.05) is 20.2 Å². The number of carbonyl (C=O) groups is 1. The van der Waals surface area contributed by atoms with Gasteiger partial charge in [0.25, 0.3) is 5.91 Å². The van der Waals surface area contributed by atoms with Crippen LogP contribution in [0.3, 0.4) is 0 Å². The van der Waals surface area contributed by atoms with E-state index in [1.54, 1.807) is 32.2 Å². The minimum atomic E-state index is -0.271. The standard InChI is InChI=1S/C13H18N2O3/c1-8-4-3-5-9(12(8)16)13(17)15-10-6-14-7-11(10)18-2/h3-5,10-11,14,16H,6-7H2,1-2H3,(H,15,17)/t10?,11-/m0/s1. The van der Waals surface area contributed by atoms with Crippen LogP contribution >= 0.6 is 0 Å². The lowest BCUT2D eigenvalue weighted by atomic mass is 10.1. The molecule has 18 heavy (non-hydrogen) atoms. The fourth-order valence-electron chi connectivity index (χ4n) is 2.13. The maximum absolute atomic E-state index is 12.1. The van der Waals surface area contributed by atoms with Crippen LogP contribution in [0.4, 0.5) is 0 Å². The number of hydrogen-bond acceptors (Lipinski definition) is 4. The number of para-hydroxylation sites is 1. The summed E-state index contributed by atoms with van der Waals surface area (Å²) in [6, 6.07) is 5.07. The molecule has 1 fully saturated rings. The Labute approximate surface area is 106 Å². The molecule has 0 aliphatic carbocycles. The smallest absolute Gasteiger partial charge is 0.255 e. The van der Waals surface area contributed by atoms with Crippen molar-refractivity contribution in [3.8, 4) is 5.75 Å². The molecule has 2 atom stereocenters. The Balaban J connectivity index is 2.10. The van der Waals surface area contributed by atoms with Crippen molar-refractivity contribution < 1.29 is 14.6 Å². The molecule has 1 saturated heterocycles. The van der Waals surface area contributed by atoms with Gasteiger partial charge in [0.05, 0.1) is 17.7 Å². The molecular weight excluding hydrogens is 232 g/mol. The molecule has 0 bridgehead atoms. The van der Waals surface area contributed by atoms with Gasteiger partial charge >= 0.3 is 0 Å². The molecule has 1 unspecified atom stereocenters. The van der Waals surface area contributed by atoms with E-state index in [-0.39, 0.29) is 23.8 Å². The highest BCUT2D eigenvalue weighted by atomic mass is 16.5. The minimum Gasteiger partial charge on any atom is -0.507 e. The summed E-state index contributed by atoms with van der Waals surface area (Å²) in [6.45, 7) is 3.17. The highest BCUT2D eigenvalue weighted by Gasteiger charge is 2.29. The lowest BCUT2D eigenvalue weighted by Gasteiger charge is -2.19. The summed E-state index contributed by atoms with van der Waals surface area (Å²) in [5.74, 6) is -0.234. The number of nitrogens with one attached hydrogen (secondary N) is 2. The van der Waals surface area contributed by atoms with Crippen LogP contribution < -0.4 is 10.6 Å². The normalized spacial score (nSPS) is 23.0. The number of rotatable bonds is 3. The van der Waals surface area contributed by atoms with Crippen LogP contribution in [-0.4, -0.2) is 43.4 Å². The van der Waals surface area contributed by atoms with Crippen molar-refractivity contribution in [2.45, 2.75) is 19.1 Å². The third-order valence-corrected chi connectivity index (χ3v) is 3.26. The third-order valence-electron chi connectivity index (χ3n) is 3.26. The summed E-state index contributed by atoms with van der Waals surface area (Å²) in [5.41, 5.74) is 0.993. The second-order valence-corrected chi connectivity index (χ2v) is 4.48. The van der Waals surface area contributed by atoms with Crippen molar-refractivity contribution in [3.63, 3.8) is 0 Å². The number of aryl methyl sites for hydroxylation is 1. The highest BCUT2D eigenvalue weighted by Crippen LogP contribution is 2.21. The van der Waals surface area contributed by atoms with Crippen LogP contribution in [0.2, 0.25) is 0 Å². The summed E-state index contributed by atoms with van der Waals surface area (Å²) < 4.78 is 5.27. The first-order valence-electron chi connectivity index (χ1n) is 5.96. The Kier molecular flexibility index (Phi) is 3.84. The van der Waals surface area contributed by atoms with Crippen LogP contribution in [0.15, 0.2) is 18.2 Å². The Bertz CT molecular complexity index is 448. The van der Waals surface area contributed by atoms with Crippen LogP contribution in [0.25, 0.3) is 0 Å². The van der Waals surface area contributed by atoms with Crippen LogP contribution in [0.1, 0.15) is 15.9 Å². The van der Waals surface area contributed by atoms with E-state index < -0.39 is 0 Å². The number of aromatic hydroxyl groups is 1. The van der Waals surface area contributed by atoms with Gasteiger partial charge in [-0.15, -0.1) is 0 Å². The van der Waals surface area contributed by atoms with E-state index in [1.165, 1.54) is 0 Å². The molecule has 0 saturated carbocycles. The van der Waals surface area contributed by atoms with E-state index in [0.717, 1.165) is 6.54 Å². The fraction of sp³-hybridized carbons (Fsp3) is 0.462. The molecule has 1 aromatic rings. The van der Waals surface area contributed by atoms with Crippen molar-refractivity contribution in [3.05, 3.63) is 29.3 Å². The summed E-state index contributed by atoms with van der Waals surface area (Å²) in [7, 11) is 1.63. The van der Waals surface area contributed by atoms with Crippen molar-refractivity contribution in [2.75, 3.05) is 20.2 Å². The summed E-state index contributed by atoms with van der Waals surface area (Å²) in [4.78, 5) is 12.1. The quantitative estimate of drug-likeness (QED) is 0.727. The zero-order chi connectivity index (χ0) is 13.1. The number of benzene rings is 1.